The Balaban J connectivity index is 1.73. The smallest absolute Gasteiger partial charge is 0.219 e. The molecule has 3 aromatic rings. The third-order valence-corrected chi connectivity index (χ3v) is 5.73. The molecule has 0 unspecified atom stereocenters. The van der Waals surface area contributed by atoms with Gasteiger partial charge in [0.05, 0.1) is 15.2 Å². The number of fused-ring (bicyclic) bond motifs is 1. The van der Waals surface area contributed by atoms with Crippen molar-refractivity contribution in [3.8, 4) is 11.6 Å². The van der Waals surface area contributed by atoms with Crippen molar-refractivity contribution in [1.29, 1.82) is 0 Å². The molecule has 2 aromatic heterocycles. The van der Waals surface area contributed by atoms with Gasteiger partial charge in [-0.15, -0.1) is 11.3 Å². The fourth-order valence-corrected chi connectivity index (χ4v) is 3.92. The van der Waals surface area contributed by atoms with Gasteiger partial charge in [0.15, 0.2) is 0 Å². The van der Waals surface area contributed by atoms with Crippen LogP contribution in [0.15, 0.2) is 36.5 Å². The normalized spacial score (nSPS) is 12.6. The molecule has 0 saturated heterocycles. The zero-order valence-electron chi connectivity index (χ0n) is 15.5. The minimum Gasteiger partial charge on any atom is -0.437 e. The minimum absolute atomic E-state index is 0.190. The number of benzene rings is 1. The fourth-order valence-electron chi connectivity index (χ4n) is 2.68. The Morgan fingerprint density at radius 2 is 2.15 bits per heavy atom. The minimum atomic E-state index is 0.190. The molecular weight excluding hydrogens is 380 g/mol. The molecule has 0 spiro atoms. The summed E-state index contributed by atoms with van der Waals surface area (Å²) in [6, 6.07) is 7.47. The van der Waals surface area contributed by atoms with Gasteiger partial charge in [-0.3, -0.25) is 0 Å². The number of aryl methyl sites for hydroxylation is 1. The van der Waals surface area contributed by atoms with Crippen molar-refractivity contribution in [2.24, 2.45) is 5.92 Å². The van der Waals surface area contributed by atoms with Gasteiger partial charge in [0.25, 0.3) is 0 Å². The largest absolute Gasteiger partial charge is 0.437 e. The maximum absolute atomic E-state index is 11.1. The van der Waals surface area contributed by atoms with Gasteiger partial charge in [0.1, 0.15) is 16.6 Å². The topological polar surface area (TPSA) is 52.1 Å². The van der Waals surface area contributed by atoms with E-state index >= 15 is 0 Å². The van der Waals surface area contributed by atoms with E-state index in [9.17, 15) is 4.79 Å². The molecule has 0 aliphatic carbocycles. The number of nitrogens with zero attached hydrogens (tertiary/aromatic N) is 2. The summed E-state index contributed by atoms with van der Waals surface area (Å²) in [6.45, 7) is 5.70. The molecule has 0 aliphatic heterocycles. The molecule has 0 radical (unpaired) electrons. The van der Waals surface area contributed by atoms with Crippen molar-refractivity contribution in [3.05, 3.63) is 52.1 Å². The standard InChI is InChI=1S/C21H21ClN2O2S/c1-4-19-24-16-8-9-17(20(22)21(16)27-19)26-18-10-7-15(12-23-18)6-5-13(2)11-14(3)25/h5-10,12-13H,4,11H2,1-3H3/b6-5+/t13-/m0/s1. The van der Waals surface area contributed by atoms with E-state index in [4.69, 9.17) is 16.3 Å². The van der Waals surface area contributed by atoms with E-state index < -0.39 is 0 Å². The number of thiazole rings is 1. The second-order valence-corrected chi connectivity index (χ2v) is 7.92. The zero-order valence-corrected chi connectivity index (χ0v) is 17.1. The summed E-state index contributed by atoms with van der Waals surface area (Å²) in [5.74, 6) is 1.44. The average molecular weight is 401 g/mol. The molecule has 6 heteroatoms. The number of carbonyl (C=O) groups excluding carboxylic acids is 1. The first kappa shape index (κ1) is 19.5. The molecule has 0 amide bonds. The van der Waals surface area contributed by atoms with Crippen molar-refractivity contribution in [2.75, 3.05) is 0 Å². The highest BCUT2D eigenvalue weighted by atomic mass is 35.5. The van der Waals surface area contributed by atoms with Crippen molar-refractivity contribution in [1.82, 2.24) is 9.97 Å². The van der Waals surface area contributed by atoms with Crippen LogP contribution in [0.25, 0.3) is 16.3 Å². The quantitative estimate of drug-likeness (QED) is 0.465. The van der Waals surface area contributed by atoms with E-state index in [0.717, 1.165) is 27.2 Å². The number of ether oxygens (including phenoxy) is 1. The zero-order chi connectivity index (χ0) is 19.4. The molecule has 4 nitrogen and oxygen atoms in total. The van der Waals surface area contributed by atoms with E-state index in [2.05, 4.69) is 16.9 Å². The molecule has 27 heavy (non-hydrogen) atoms. The fraction of sp³-hybridized carbons (Fsp3) is 0.286. The van der Waals surface area contributed by atoms with Crippen LogP contribution in [0.4, 0.5) is 0 Å². The van der Waals surface area contributed by atoms with Gasteiger partial charge in [-0.1, -0.05) is 37.6 Å². The predicted octanol–water partition coefficient (Wildman–Crippen LogP) is 6.33. The van der Waals surface area contributed by atoms with Crippen LogP contribution in [-0.2, 0) is 11.2 Å². The van der Waals surface area contributed by atoms with E-state index in [1.54, 1.807) is 30.5 Å². The number of pyridine rings is 1. The molecule has 0 saturated carbocycles. The van der Waals surface area contributed by atoms with Crippen LogP contribution < -0.4 is 4.74 Å². The molecule has 2 heterocycles. The van der Waals surface area contributed by atoms with Crippen LogP contribution >= 0.6 is 22.9 Å². The third-order valence-electron chi connectivity index (χ3n) is 4.01. The summed E-state index contributed by atoms with van der Waals surface area (Å²) < 4.78 is 6.80. The van der Waals surface area contributed by atoms with Gasteiger partial charge in [-0.25, -0.2) is 9.97 Å². The van der Waals surface area contributed by atoms with Gasteiger partial charge in [-0.2, -0.15) is 0 Å². The molecule has 140 valence electrons. The van der Waals surface area contributed by atoms with Crippen molar-refractivity contribution >= 4 is 45.0 Å². The summed E-state index contributed by atoms with van der Waals surface area (Å²) in [7, 11) is 0. The highest BCUT2D eigenvalue weighted by molar-refractivity contribution is 7.19. The number of aromatic nitrogens is 2. The van der Waals surface area contributed by atoms with E-state index in [1.807, 2.05) is 37.3 Å². The highest BCUT2D eigenvalue weighted by Crippen LogP contribution is 2.38. The lowest BCUT2D eigenvalue weighted by atomic mass is 10.0. The number of ketones is 1. The Bertz CT molecular complexity index is 980. The van der Waals surface area contributed by atoms with Gasteiger partial charge in [0, 0.05) is 18.7 Å². The Labute approximate surface area is 167 Å². The summed E-state index contributed by atoms with van der Waals surface area (Å²) in [4.78, 5) is 20.0. The molecule has 1 atom stereocenters. The monoisotopic (exact) mass is 400 g/mol. The van der Waals surface area contributed by atoms with Gasteiger partial charge in [0.2, 0.25) is 5.88 Å². The molecule has 0 aliphatic rings. The van der Waals surface area contributed by atoms with Crippen LogP contribution in [0.2, 0.25) is 5.02 Å². The van der Waals surface area contributed by atoms with E-state index in [0.29, 0.717) is 23.1 Å². The maximum Gasteiger partial charge on any atom is 0.219 e. The summed E-state index contributed by atoms with van der Waals surface area (Å²) in [5.41, 5.74) is 1.84. The number of hydrogen-bond donors (Lipinski definition) is 0. The van der Waals surface area contributed by atoms with Gasteiger partial charge in [-0.05, 0) is 43.0 Å². The molecule has 0 bridgehead atoms. The Morgan fingerprint density at radius 3 is 2.81 bits per heavy atom. The van der Waals surface area contributed by atoms with Crippen LogP contribution in [-0.4, -0.2) is 15.8 Å². The number of Topliss-reactive ketones (excluding diaryl/α,β-unsaturated/α-hetero) is 1. The van der Waals surface area contributed by atoms with Crippen molar-refractivity contribution < 1.29 is 9.53 Å². The Morgan fingerprint density at radius 1 is 1.33 bits per heavy atom. The Kier molecular flexibility index (Phi) is 6.24. The van der Waals surface area contributed by atoms with Gasteiger partial charge < -0.3 is 9.53 Å². The summed E-state index contributed by atoms with van der Waals surface area (Å²) in [6.07, 6.45) is 7.14. The maximum atomic E-state index is 11.1. The van der Waals surface area contributed by atoms with Crippen LogP contribution in [0.1, 0.15) is 37.8 Å². The predicted molar refractivity (Wildman–Crippen MR) is 112 cm³/mol. The number of rotatable bonds is 7. The van der Waals surface area contributed by atoms with E-state index in [-0.39, 0.29) is 11.7 Å². The molecule has 0 fully saturated rings. The summed E-state index contributed by atoms with van der Waals surface area (Å²) >= 11 is 8.09. The average Bonchev–Trinajstić information content (AvgIpc) is 3.07. The lowest BCUT2D eigenvalue weighted by molar-refractivity contribution is -0.117. The first-order chi connectivity index (χ1) is 13.0. The first-order valence-corrected chi connectivity index (χ1v) is 10.0. The number of halogens is 1. The molecule has 1 aromatic carbocycles. The SMILES string of the molecule is CCc1nc2ccc(Oc3ccc(/C=C/[C@H](C)CC(C)=O)cn3)c(Cl)c2s1. The first-order valence-electron chi connectivity index (χ1n) is 8.85. The van der Waals surface area contributed by atoms with E-state index in [1.165, 1.54) is 0 Å². The lowest BCUT2D eigenvalue weighted by Crippen LogP contribution is -1.97. The Hall–Kier alpha value is -2.24. The van der Waals surface area contributed by atoms with Crippen LogP contribution in [0.3, 0.4) is 0 Å². The van der Waals surface area contributed by atoms with Crippen molar-refractivity contribution in [3.63, 3.8) is 0 Å². The third kappa shape index (κ3) is 4.93. The highest BCUT2D eigenvalue weighted by Gasteiger charge is 2.12. The summed E-state index contributed by atoms with van der Waals surface area (Å²) in [5, 5.41) is 1.62. The number of allylic oxidation sites excluding steroid dienone is 1. The molecular formula is C21H21ClN2O2S. The van der Waals surface area contributed by atoms with Crippen molar-refractivity contribution in [2.45, 2.75) is 33.6 Å². The molecule has 3 rings (SSSR count). The second kappa shape index (κ2) is 8.63. The second-order valence-electron chi connectivity index (χ2n) is 6.46. The molecule has 0 N–H and O–H groups in total. The lowest BCUT2D eigenvalue weighted by Gasteiger charge is -2.07. The van der Waals surface area contributed by atoms with Crippen LogP contribution in [0, 0.1) is 5.92 Å². The number of carbonyl (C=O) groups is 1. The van der Waals surface area contributed by atoms with Crippen LogP contribution in [0.5, 0.6) is 11.6 Å². The number of hydrogen-bond acceptors (Lipinski definition) is 5. The van der Waals surface area contributed by atoms with Gasteiger partial charge >= 0.3 is 0 Å².